The molecule has 1 amide bonds. The molecule has 0 saturated carbocycles. The molecule has 0 radical (unpaired) electrons. The van der Waals surface area contributed by atoms with Crippen LogP contribution < -0.4 is 10.1 Å². The number of hydrogen-bond donors (Lipinski definition) is 2. The molecule has 2 aromatic rings. The quantitative estimate of drug-likeness (QED) is 0.777. The van der Waals surface area contributed by atoms with Gasteiger partial charge in [0.25, 0.3) is 5.91 Å². The number of nitrogens with zero attached hydrogens (tertiary/aromatic N) is 1. The van der Waals surface area contributed by atoms with E-state index in [-0.39, 0.29) is 29.8 Å². The summed E-state index contributed by atoms with van der Waals surface area (Å²) in [7, 11) is 0. The van der Waals surface area contributed by atoms with Crippen molar-refractivity contribution in [3.63, 3.8) is 0 Å². The van der Waals surface area contributed by atoms with Gasteiger partial charge in [0.2, 0.25) is 0 Å². The van der Waals surface area contributed by atoms with Crippen LogP contribution in [-0.2, 0) is 11.3 Å². The Labute approximate surface area is 157 Å². The van der Waals surface area contributed by atoms with E-state index in [4.69, 9.17) is 14.6 Å². The lowest BCUT2D eigenvalue weighted by Gasteiger charge is -2.16. The number of rotatable bonds is 7. The molecule has 7 nitrogen and oxygen atoms in total. The van der Waals surface area contributed by atoms with Crippen molar-refractivity contribution in [1.29, 1.82) is 0 Å². The normalized spacial score (nSPS) is 16.1. The van der Waals surface area contributed by atoms with E-state index in [1.165, 1.54) is 18.3 Å². The minimum Gasteiger partial charge on any atom is -0.491 e. The van der Waals surface area contributed by atoms with Crippen molar-refractivity contribution < 1.29 is 24.2 Å². The molecule has 3 rings (SSSR count). The number of amides is 1. The van der Waals surface area contributed by atoms with Crippen molar-refractivity contribution in [2.45, 2.75) is 32.4 Å². The Balaban J connectivity index is 1.65. The molecule has 7 heteroatoms. The Kier molecular flexibility index (Phi) is 6.03. The van der Waals surface area contributed by atoms with Gasteiger partial charge in [0.1, 0.15) is 18.1 Å². The number of carbonyl (C=O) groups is 2. The summed E-state index contributed by atoms with van der Waals surface area (Å²) >= 11 is 0. The summed E-state index contributed by atoms with van der Waals surface area (Å²) < 4.78 is 11.5. The lowest BCUT2D eigenvalue weighted by molar-refractivity contribution is 0.0675. The Morgan fingerprint density at radius 1 is 1.33 bits per heavy atom. The molecule has 0 aliphatic carbocycles. The summed E-state index contributed by atoms with van der Waals surface area (Å²) in [4.78, 5) is 27.1. The molecule has 2 heterocycles. The molecule has 0 bridgehead atoms. The van der Waals surface area contributed by atoms with Gasteiger partial charge >= 0.3 is 5.97 Å². The SMILES string of the molecule is Cc1ccc(CNC(=O)c2ccnc(C(=O)O)c2)c(OCC2CCCO2)c1. The molecule has 1 aromatic carbocycles. The van der Waals surface area contributed by atoms with E-state index in [1.807, 2.05) is 25.1 Å². The molecular formula is C20H22N2O5. The van der Waals surface area contributed by atoms with Crippen LogP contribution in [0.25, 0.3) is 0 Å². The number of benzene rings is 1. The monoisotopic (exact) mass is 370 g/mol. The smallest absolute Gasteiger partial charge is 0.354 e. The highest BCUT2D eigenvalue weighted by molar-refractivity contribution is 5.96. The van der Waals surface area contributed by atoms with Gasteiger partial charge in [-0.05, 0) is 43.5 Å². The fraction of sp³-hybridized carbons (Fsp3) is 0.350. The van der Waals surface area contributed by atoms with Crippen LogP contribution in [0.4, 0.5) is 0 Å². The fourth-order valence-corrected chi connectivity index (χ4v) is 2.87. The van der Waals surface area contributed by atoms with E-state index in [1.54, 1.807) is 0 Å². The van der Waals surface area contributed by atoms with Gasteiger partial charge < -0.3 is 19.9 Å². The Hall–Kier alpha value is -2.93. The first kappa shape index (κ1) is 18.8. The molecule has 27 heavy (non-hydrogen) atoms. The third-order valence-electron chi connectivity index (χ3n) is 4.35. The van der Waals surface area contributed by atoms with Crippen molar-refractivity contribution in [2.24, 2.45) is 0 Å². The number of aromatic carboxylic acids is 1. The van der Waals surface area contributed by atoms with E-state index >= 15 is 0 Å². The minimum atomic E-state index is -1.17. The topological polar surface area (TPSA) is 97.8 Å². The number of carboxylic acids is 1. The van der Waals surface area contributed by atoms with Crippen LogP contribution >= 0.6 is 0 Å². The first-order valence-corrected chi connectivity index (χ1v) is 8.84. The van der Waals surface area contributed by atoms with E-state index in [0.29, 0.717) is 12.4 Å². The van der Waals surface area contributed by atoms with Crippen molar-refractivity contribution in [3.8, 4) is 5.75 Å². The van der Waals surface area contributed by atoms with Crippen molar-refractivity contribution in [2.75, 3.05) is 13.2 Å². The average molecular weight is 370 g/mol. The van der Waals surface area contributed by atoms with Crippen molar-refractivity contribution in [3.05, 3.63) is 58.9 Å². The van der Waals surface area contributed by atoms with E-state index < -0.39 is 5.97 Å². The summed E-state index contributed by atoms with van der Waals surface area (Å²) in [5.41, 5.74) is 1.99. The molecule has 1 unspecified atom stereocenters. The van der Waals surface area contributed by atoms with Gasteiger partial charge in [0, 0.05) is 30.5 Å². The standard InChI is InChI=1S/C20H22N2O5/c1-13-4-5-15(18(9-13)27-12-16-3-2-8-26-16)11-22-19(23)14-6-7-21-17(10-14)20(24)25/h4-7,9-10,16H,2-3,8,11-12H2,1H3,(H,22,23)(H,24,25). The number of aromatic nitrogens is 1. The van der Waals surface area contributed by atoms with Gasteiger partial charge in [-0.15, -0.1) is 0 Å². The molecule has 142 valence electrons. The van der Waals surface area contributed by atoms with Crippen LogP contribution in [0.3, 0.4) is 0 Å². The number of aryl methyl sites for hydroxylation is 1. The maximum absolute atomic E-state index is 12.3. The zero-order valence-corrected chi connectivity index (χ0v) is 15.1. The number of carboxylic acid groups (broad SMARTS) is 1. The zero-order chi connectivity index (χ0) is 19.2. The maximum atomic E-state index is 12.3. The lowest BCUT2D eigenvalue weighted by atomic mass is 10.1. The van der Waals surface area contributed by atoms with E-state index in [9.17, 15) is 9.59 Å². The highest BCUT2D eigenvalue weighted by Crippen LogP contribution is 2.22. The predicted molar refractivity (Wildman–Crippen MR) is 98.0 cm³/mol. The fourth-order valence-electron chi connectivity index (χ4n) is 2.87. The second kappa shape index (κ2) is 8.64. The van der Waals surface area contributed by atoms with Gasteiger partial charge in [0.05, 0.1) is 6.10 Å². The molecule has 1 aromatic heterocycles. The highest BCUT2D eigenvalue weighted by atomic mass is 16.5. The summed E-state index contributed by atoms with van der Waals surface area (Å²) in [5, 5.41) is 11.8. The predicted octanol–water partition coefficient (Wildman–Crippen LogP) is 2.58. The molecule has 1 atom stereocenters. The van der Waals surface area contributed by atoms with Crippen LogP contribution in [0.5, 0.6) is 5.75 Å². The number of carbonyl (C=O) groups excluding carboxylic acids is 1. The van der Waals surface area contributed by atoms with Gasteiger partial charge in [-0.1, -0.05) is 12.1 Å². The number of hydrogen-bond acceptors (Lipinski definition) is 5. The Morgan fingerprint density at radius 3 is 2.93 bits per heavy atom. The minimum absolute atomic E-state index is 0.110. The molecule has 1 saturated heterocycles. The number of ether oxygens (including phenoxy) is 2. The average Bonchev–Trinajstić information content (AvgIpc) is 3.19. The van der Waals surface area contributed by atoms with E-state index in [0.717, 1.165) is 30.6 Å². The third-order valence-corrected chi connectivity index (χ3v) is 4.35. The van der Waals surface area contributed by atoms with Gasteiger partial charge in [-0.25, -0.2) is 9.78 Å². The molecule has 1 fully saturated rings. The number of pyridine rings is 1. The van der Waals surface area contributed by atoms with Crippen molar-refractivity contribution in [1.82, 2.24) is 10.3 Å². The largest absolute Gasteiger partial charge is 0.491 e. The first-order chi connectivity index (χ1) is 13.0. The van der Waals surface area contributed by atoms with Crippen molar-refractivity contribution >= 4 is 11.9 Å². The lowest BCUT2D eigenvalue weighted by Crippen LogP contribution is -2.24. The van der Waals surface area contributed by atoms with Crippen LogP contribution in [-0.4, -0.2) is 41.3 Å². The van der Waals surface area contributed by atoms with Crippen LogP contribution in [0, 0.1) is 6.92 Å². The van der Waals surface area contributed by atoms with Crippen LogP contribution in [0.1, 0.15) is 44.8 Å². The van der Waals surface area contributed by atoms with Gasteiger partial charge in [0.15, 0.2) is 0 Å². The van der Waals surface area contributed by atoms with Crippen LogP contribution in [0.15, 0.2) is 36.5 Å². The number of nitrogens with one attached hydrogen (secondary N) is 1. The second-order valence-electron chi connectivity index (χ2n) is 6.47. The van der Waals surface area contributed by atoms with Gasteiger partial charge in [-0.2, -0.15) is 0 Å². The molecule has 2 N–H and O–H groups in total. The maximum Gasteiger partial charge on any atom is 0.354 e. The molecule has 1 aliphatic heterocycles. The van der Waals surface area contributed by atoms with Crippen LogP contribution in [0.2, 0.25) is 0 Å². The first-order valence-electron chi connectivity index (χ1n) is 8.84. The Morgan fingerprint density at radius 2 is 2.19 bits per heavy atom. The molecule has 0 spiro atoms. The molecule has 1 aliphatic rings. The summed E-state index contributed by atoms with van der Waals surface area (Å²) in [6.45, 7) is 3.50. The third kappa shape index (κ3) is 5.04. The summed E-state index contributed by atoms with van der Waals surface area (Å²) in [6, 6.07) is 8.53. The summed E-state index contributed by atoms with van der Waals surface area (Å²) in [5.74, 6) is -0.828. The van der Waals surface area contributed by atoms with Gasteiger partial charge in [-0.3, -0.25) is 4.79 Å². The summed E-state index contributed by atoms with van der Waals surface area (Å²) in [6.07, 6.45) is 3.46. The Bertz CT molecular complexity index is 831. The molecular weight excluding hydrogens is 348 g/mol. The zero-order valence-electron chi connectivity index (χ0n) is 15.1. The second-order valence-corrected chi connectivity index (χ2v) is 6.47. The van der Waals surface area contributed by atoms with E-state index in [2.05, 4.69) is 10.3 Å². The highest BCUT2D eigenvalue weighted by Gasteiger charge is 2.17.